The average Bonchev–Trinajstić information content (AvgIpc) is 3.04. The number of hydrogen-bond acceptors (Lipinski definition) is 2. The van der Waals surface area contributed by atoms with E-state index in [1.807, 2.05) is 59.5 Å². The highest BCUT2D eigenvalue weighted by atomic mass is 35.5. The van der Waals surface area contributed by atoms with Crippen LogP contribution in [0.4, 0.5) is 0 Å². The molecule has 1 atom stereocenters. The van der Waals surface area contributed by atoms with Crippen LogP contribution in [0.5, 0.6) is 0 Å². The van der Waals surface area contributed by atoms with Crippen LogP contribution in [0.25, 0.3) is 6.08 Å². The minimum atomic E-state index is -0.0222. The number of halogens is 2. The van der Waals surface area contributed by atoms with E-state index in [4.69, 9.17) is 23.2 Å². The zero-order valence-electron chi connectivity index (χ0n) is 12.3. The molecule has 1 saturated heterocycles. The third kappa shape index (κ3) is 3.92. The van der Waals surface area contributed by atoms with Gasteiger partial charge in [-0.1, -0.05) is 53.5 Å². The van der Waals surface area contributed by atoms with Crippen LogP contribution in [-0.2, 0) is 4.79 Å². The van der Waals surface area contributed by atoms with Gasteiger partial charge in [0.2, 0.25) is 5.91 Å². The van der Waals surface area contributed by atoms with Crippen molar-refractivity contribution in [2.45, 2.75) is 5.37 Å². The summed E-state index contributed by atoms with van der Waals surface area (Å²) < 4.78 is 0. The molecule has 1 heterocycles. The van der Waals surface area contributed by atoms with Crippen LogP contribution >= 0.6 is 35.0 Å². The van der Waals surface area contributed by atoms with Crippen molar-refractivity contribution < 1.29 is 4.79 Å². The lowest BCUT2D eigenvalue weighted by molar-refractivity contribution is -0.126. The first-order chi connectivity index (χ1) is 11.1. The Labute approximate surface area is 150 Å². The van der Waals surface area contributed by atoms with Gasteiger partial charge in [0.15, 0.2) is 0 Å². The van der Waals surface area contributed by atoms with Crippen molar-refractivity contribution >= 4 is 46.9 Å². The van der Waals surface area contributed by atoms with Crippen molar-refractivity contribution in [3.8, 4) is 0 Å². The highest BCUT2D eigenvalue weighted by Gasteiger charge is 2.30. The molecule has 2 nitrogen and oxygen atoms in total. The summed E-state index contributed by atoms with van der Waals surface area (Å²) in [4.78, 5) is 14.4. The second kappa shape index (κ2) is 7.43. The lowest BCUT2D eigenvalue weighted by Crippen LogP contribution is -2.28. The molecule has 1 amide bonds. The Morgan fingerprint density at radius 1 is 1.13 bits per heavy atom. The van der Waals surface area contributed by atoms with Crippen LogP contribution < -0.4 is 0 Å². The van der Waals surface area contributed by atoms with E-state index in [9.17, 15) is 4.79 Å². The highest BCUT2D eigenvalue weighted by Crippen LogP contribution is 2.40. The summed E-state index contributed by atoms with van der Waals surface area (Å²) in [6.45, 7) is 0.727. The van der Waals surface area contributed by atoms with Crippen LogP contribution in [-0.4, -0.2) is 23.1 Å². The van der Waals surface area contributed by atoms with Gasteiger partial charge in [0.05, 0.1) is 0 Å². The molecule has 1 aliphatic rings. The summed E-state index contributed by atoms with van der Waals surface area (Å²) in [5, 5.41) is 1.36. The molecule has 2 aromatic rings. The van der Waals surface area contributed by atoms with Crippen LogP contribution in [0.1, 0.15) is 16.5 Å². The van der Waals surface area contributed by atoms with E-state index >= 15 is 0 Å². The van der Waals surface area contributed by atoms with E-state index in [-0.39, 0.29) is 11.3 Å². The highest BCUT2D eigenvalue weighted by molar-refractivity contribution is 7.99. The van der Waals surface area contributed by atoms with Gasteiger partial charge in [-0.3, -0.25) is 4.79 Å². The molecule has 3 rings (SSSR count). The topological polar surface area (TPSA) is 20.3 Å². The summed E-state index contributed by atoms with van der Waals surface area (Å²) in [6.07, 6.45) is 3.42. The van der Waals surface area contributed by atoms with Crippen molar-refractivity contribution in [1.82, 2.24) is 4.90 Å². The van der Waals surface area contributed by atoms with Crippen molar-refractivity contribution in [2.24, 2.45) is 0 Å². The molecule has 1 unspecified atom stereocenters. The van der Waals surface area contributed by atoms with Gasteiger partial charge in [0.1, 0.15) is 5.37 Å². The van der Waals surface area contributed by atoms with E-state index < -0.39 is 0 Å². The molecule has 23 heavy (non-hydrogen) atoms. The van der Waals surface area contributed by atoms with Gasteiger partial charge in [-0.2, -0.15) is 0 Å². The van der Waals surface area contributed by atoms with Gasteiger partial charge in [-0.25, -0.2) is 0 Å². The maximum atomic E-state index is 12.5. The lowest BCUT2D eigenvalue weighted by Gasteiger charge is -2.23. The molecular weight excluding hydrogens is 349 g/mol. The normalized spacial score (nSPS) is 17.8. The predicted octanol–water partition coefficient (Wildman–Crippen LogP) is 5.28. The molecule has 1 aliphatic heterocycles. The summed E-state index contributed by atoms with van der Waals surface area (Å²) >= 11 is 13.9. The lowest BCUT2D eigenvalue weighted by atomic mass is 10.2. The van der Waals surface area contributed by atoms with Crippen molar-refractivity contribution in [1.29, 1.82) is 0 Å². The fourth-order valence-electron chi connectivity index (χ4n) is 2.47. The Kier molecular flexibility index (Phi) is 5.31. The number of nitrogens with zero attached hydrogens (tertiary/aromatic N) is 1. The van der Waals surface area contributed by atoms with Crippen LogP contribution in [0.3, 0.4) is 0 Å². The summed E-state index contributed by atoms with van der Waals surface area (Å²) in [6, 6.07) is 15.1. The Hall–Kier alpha value is -1.42. The van der Waals surface area contributed by atoms with Gasteiger partial charge < -0.3 is 4.90 Å². The second-order valence-corrected chi connectivity index (χ2v) is 7.19. The first-order valence-electron chi connectivity index (χ1n) is 7.25. The zero-order valence-corrected chi connectivity index (χ0v) is 14.6. The quantitative estimate of drug-likeness (QED) is 0.691. The molecule has 0 saturated carbocycles. The fraction of sp³-hybridized carbons (Fsp3) is 0.167. The van der Waals surface area contributed by atoms with Gasteiger partial charge in [0, 0.05) is 34.0 Å². The van der Waals surface area contributed by atoms with Crippen LogP contribution in [0, 0.1) is 0 Å². The summed E-state index contributed by atoms with van der Waals surface area (Å²) in [7, 11) is 0. The van der Waals surface area contributed by atoms with Crippen molar-refractivity contribution in [3.05, 3.63) is 75.8 Å². The maximum Gasteiger partial charge on any atom is 0.247 e. The Morgan fingerprint density at radius 3 is 2.61 bits per heavy atom. The zero-order chi connectivity index (χ0) is 16.2. The minimum Gasteiger partial charge on any atom is -0.322 e. The smallest absolute Gasteiger partial charge is 0.247 e. The van der Waals surface area contributed by atoms with Crippen LogP contribution in [0.15, 0.2) is 54.6 Å². The van der Waals surface area contributed by atoms with E-state index in [2.05, 4.69) is 0 Å². The van der Waals surface area contributed by atoms with Gasteiger partial charge in [-0.15, -0.1) is 11.8 Å². The van der Waals surface area contributed by atoms with Gasteiger partial charge >= 0.3 is 0 Å². The van der Waals surface area contributed by atoms with E-state index in [1.54, 1.807) is 17.8 Å². The third-order valence-corrected chi connectivity index (χ3v) is 5.47. The number of thioether (sulfide) groups is 1. The van der Waals surface area contributed by atoms with E-state index in [0.29, 0.717) is 10.0 Å². The Bertz CT molecular complexity index is 730. The molecule has 0 N–H and O–H groups in total. The molecule has 118 valence electrons. The molecule has 0 bridgehead atoms. The molecule has 2 aromatic carbocycles. The van der Waals surface area contributed by atoms with Gasteiger partial charge in [-0.05, 0) is 29.8 Å². The summed E-state index contributed by atoms with van der Waals surface area (Å²) in [5.74, 6) is 0.908. The van der Waals surface area contributed by atoms with Crippen molar-refractivity contribution in [2.75, 3.05) is 12.3 Å². The molecule has 5 heteroatoms. The Balaban J connectivity index is 1.76. The molecule has 1 fully saturated rings. The third-order valence-electron chi connectivity index (χ3n) is 3.63. The molecular formula is C18H15Cl2NOS. The molecule has 0 aromatic heterocycles. The number of carbonyl (C=O) groups is 1. The molecule has 0 spiro atoms. The SMILES string of the molecule is O=C(/C=C/c1ccc(Cl)cc1)N1CCSC1c1ccccc1Cl. The summed E-state index contributed by atoms with van der Waals surface area (Å²) in [5.41, 5.74) is 1.94. The predicted molar refractivity (Wildman–Crippen MR) is 98.9 cm³/mol. The minimum absolute atomic E-state index is 0.00475. The molecule has 0 aliphatic carbocycles. The Morgan fingerprint density at radius 2 is 1.87 bits per heavy atom. The fourth-order valence-corrected chi connectivity index (χ4v) is 4.20. The van der Waals surface area contributed by atoms with Crippen LogP contribution in [0.2, 0.25) is 10.0 Å². The maximum absolute atomic E-state index is 12.5. The average molecular weight is 364 g/mol. The van der Waals surface area contributed by atoms with Crippen molar-refractivity contribution in [3.63, 3.8) is 0 Å². The van der Waals surface area contributed by atoms with Gasteiger partial charge in [0.25, 0.3) is 0 Å². The number of amides is 1. The molecule has 0 radical (unpaired) electrons. The first-order valence-corrected chi connectivity index (χ1v) is 9.06. The second-order valence-electron chi connectivity index (χ2n) is 5.16. The van der Waals surface area contributed by atoms with E-state index in [1.165, 1.54) is 0 Å². The number of rotatable bonds is 3. The standard InChI is InChI=1S/C18H15Cl2NOS/c19-14-8-5-13(6-9-14)7-10-17(22)21-11-12-23-18(21)15-3-1-2-4-16(15)20/h1-10,18H,11-12H2/b10-7+. The number of carbonyl (C=O) groups excluding carboxylic acids is 1. The largest absolute Gasteiger partial charge is 0.322 e. The monoisotopic (exact) mass is 363 g/mol. The van der Waals surface area contributed by atoms with E-state index in [0.717, 1.165) is 23.4 Å². The number of benzene rings is 2. The first kappa shape index (κ1) is 16.4. The number of hydrogen-bond donors (Lipinski definition) is 0.